The van der Waals surface area contributed by atoms with E-state index in [4.69, 9.17) is 4.52 Å². The molecule has 1 fully saturated rings. The molecule has 0 amide bonds. The van der Waals surface area contributed by atoms with Gasteiger partial charge >= 0.3 is 0 Å². The van der Waals surface area contributed by atoms with Crippen LogP contribution in [0.15, 0.2) is 22.7 Å². The lowest BCUT2D eigenvalue weighted by Crippen LogP contribution is -2.39. The molecule has 0 aliphatic heterocycles. The molecule has 2 aromatic rings. The summed E-state index contributed by atoms with van der Waals surface area (Å²) in [6.07, 6.45) is 3.90. The largest absolute Gasteiger partial charge is 0.389 e. The summed E-state index contributed by atoms with van der Waals surface area (Å²) >= 11 is 0. The van der Waals surface area contributed by atoms with Crippen molar-refractivity contribution in [1.29, 1.82) is 0 Å². The van der Waals surface area contributed by atoms with Crippen LogP contribution in [0.25, 0.3) is 0 Å². The van der Waals surface area contributed by atoms with E-state index < -0.39 is 5.60 Å². The Balaban J connectivity index is 1.70. The maximum atomic E-state index is 10.1. The van der Waals surface area contributed by atoms with Crippen LogP contribution in [0, 0.1) is 13.8 Å². The van der Waals surface area contributed by atoms with Gasteiger partial charge in [0.25, 0.3) is 0 Å². The van der Waals surface area contributed by atoms with E-state index >= 15 is 0 Å². The zero-order chi connectivity index (χ0) is 14.2. The fourth-order valence-corrected chi connectivity index (χ4v) is 2.83. The topological polar surface area (TPSA) is 59.2 Å². The van der Waals surface area contributed by atoms with Gasteiger partial charge < -0.3 is 9.63 Å². The van der Waals surface area contributed by atoms with Crippen molar-refractivity contribution in [3.05, 3.63) is 46.6 Å². The monoisotopic (exact) mass is 272 g/mol. The second-order valence-electron chi connectivity index (χ2n) is 6.03. The summed E-state index contributed by atoms with van der Waals surface area (Å²) in [6.45, 7) is 4.18. The normalized spacial score (nSPS) is 16.9. The van der Waals surface area contributed by atoms with Crippen molar-refractivity contribution >= 4 is 0 Å². The van der Waals surface area contributed by atoms with E-state index in [-0.39, 0.29) is 0 Å². The molecule has 0 radical (unpaired) electrons. The van der Waals surface area contributed by atoms with E-state index in [0.29, 0.717) is 24.6 Å². The minimum absolute atomic E-state index is 0.479. The van der Waals surface area contributed by atoms with E-state index in [1.54, 1.807) is 0 Å². The Kier molecular flexibility index (Phi) is 3.34. The van der Waals surface area contributed by atoms with Gasteiger partial charge in [-0.05, 0) is 38.7 Å². The van der Waals surface area contributed by atoms with Crippen molar-refractivity contribution in [2.24, 2.45) is 0 Å². The molecule has 0 saturated heterocycles. The summed E-state index contributed by atoms with van der Waals surface area (Å²) in [5, 5.41) is 14.1. The van der Waals surface area contributed by atoms with Crippen LogP contribution in [0.4, 0.5) is 0 Å². The predicted octanol–water partition coefficient (Wildman–Crippen LogP) is 2.73. The Labute approximate surface area is 118 Å². The Morgan fingerprint density at radius 2 is 1.90 bits per heavy atom. The summed E-state index contributed by atoms with van der Waals surface area (Å²) in [5.74, 6) is 1.24. The van der Waals surface area contributed by atoms with Crippen molar-refractivity contribution in [3.8, 4) is 0 Å². The fraction of sp³-hybridized carbons (Fsp3) is 0.500. The van der Waals surface area contributed by atoms with Crippen molar-refractivity contribution in [1.82, 2.24) is 10.1 Å². The van der Waals surface area contributed by atoms with Gasteiger partial charge in [0, 0.05) is 6.42 Å². The molecule has 0 atom stereocenters. The molecular weight excluding hydrogens is 252 g/mol. The van der Waals surface area contributed by atoms with E-state index in [1.165, 1.54) is 16.7 Å². The minimum atomic E-state index is -0.607. The first-order valence-corrected chi connectivity index (χ1v) is 7.13. The van der Waals surface area contributed by atoms with E-state index in [0.717, 1.165) is 19.3 Å². The quantitative estimate of drug-likeness (QED) is 0.929. The lowest BCUT2D eigenvalue weighted by atomic mass is 9.78. The highest BCUT2D eigenvalue weighted by atomic mass is 16.5. The zero-order valence-electron chi connectivity index (χ0n) is 12.0. The lowest BCUT2D eigenvalue weighted by Gasteiger charge is -2.35. The number of hydrogen-bond donors (Lipinski definition) is 1. The van der Waals surface area contributed by atoms with Crippen molar-refractivity contribution in [3.63, 3.8) is 0 Å². The molecule has 0 unspecified atom stereocenters. The second-order valence-corrected chi connectivity index (χ2v) is 6.03. The molecule has 4 heteroatoms. The summed E-state index contributed by atoms with van der Waals surface area (Å²) in [5.41, 5.74) is 3.07. The van der Waals surface area contributed by atoms with Crippen LogP contribution in [0.3, 0.4) is 0 Å². The van der Waals surface area contributed by atoms with Gasteiger partial charge in [-0.1, -0.05) is 34.5 Å². The van der Waals surface area contributed by atoms with Gasteiger partial charge in [-0.2, -0.15) is 4.98 Å². The first kappa shape index (κ1) is 13.3. The highest BCUT2D eigenvalue weighted by Gasteiger charge is 2.36. The Morgan fingerprint density at radius 3 is 2.50 bits per heavy atom. The second kappa shape index (κ2) is 5.02. The van der Waals surface area contributed by atoms with Crippen molar-refractivity contribution in [2.75, 3.05) is 0 Å². The summed E-state index contributed by atoms with van der Waals surface area (Å²) in [4.78, 5) is 4.39. The number of benzene rings is 1. The maximum absolute atomic E-state index is 10.1. The molecule has 1 aromatic carbocycles. The molecule has 0 bridgehead atoms. The van der Waals surface area contributed by atoms with Crippen LogP contribution in [0.2, 0.25) is 0 Å². The van der Waals surface area contributed by atoms with E-state index in [9.17, 15) is 5.11 Å². The third kappa shape index (κ3) is 2.90. The molecule has 1 aromatic heterocycles. The SMILES string of the molecule is Cc1cc(C)cc(Cc2noc(CC3(O)CCC3)n2)c1. The highest BCUT2D eigenvalue weighted by Crippen LogP contribution is 2.34. The van der Waals surface area contributed by atoms with Gasteiger partial charge in [0.15, 0.2) is 5.82 Å². The zero-order valence-corrected chi connectivity index (χ0v) is 12.0. The predicted molar refractivity (Wildman–Crippen MR) is 75.5 cm³/mol. The number of aliphatic hydroxyl groups is 1. The molecule has 4 nitrogen and oxygen atoms in total. The van der Waals surface area contributed by atoms with Gasteiger partial charge in [-0.25, -0.2) is 0 Å². The first-order valence-electron chi connectivity index (χ1n) is 7.13. The minimum Gasteiger partial charge on any atom is -0.389 e. The van der Waals surface area contributed by atoms with Gasteiger partial charge in [0.2, 0.25) is 5.89 Å². The number of hydrogen-bond acceptors (Lipinski definition) is 4. The van der Waals surface area contributed by atoms with E-state index in [1.807, 2.05) is 0 Å². The molecule has 1 saturated carbocycles. The van der Waals surface area contributed by atoms with Crippen LogP contribution in [-0.4, -0.2) is 20.8 Å². The Hall–Kier alpha value is -1.68. The smallest absolute Gasteiger partial charge is 0.229 e. The number of rotatable bonds is 4. The first-order chi connectivity index (χ1) is 9.52. The number of aromatic nitrogens is 2. The molecule has 20 heavy (non-hydrogen) atoms. The van der Waals surface area contributed by atoms with Gasteiger partial charge in [0.05, 0.1) is 12.0 Å². The maximum Gasteiger partial charge on any atom is 0.229 e. The molecule has 1 N–H and O–H groups in total. The average Bonchev–Trinajstić information content (AvgIpc) is 2.73. The third-order valence-corrected chi connectivity index (χ3v) is 3.92. The van der Waals surface area contributed by atoms with Crippen molar-refractivity contribution in [2.45, 2.75) is 51.6 Å². The number of aryl methyl sites for hydroxylation is 2. The van der Waals surface area contributed by atoms with Crippen molar-refractivity contribution < 1.29 is 9.63 Å². The Morgan fingerprint density at radius 1 is 1.20 bits per heavy atom. The standard InChI is InChI=1S/C16H20N2O2/c1-11-6-12(2)8-13(7-11)9-14-17-15(20-18-14)10-16(19)4-3-5-16/h6-8,19H,3-5,9-10H2,1-2H3. The van der Waals surface area contributed by atoms with Gasteiger partial charge in [-0.3, -0.25) is 0 Å². The third-order valence-electron chi connectivity index (χ3n) is 3.92. The molecule has 1 aliphatic rings. The van der Waals surface area contributed by atoms with Crippen LogP contribution in [0.5, 0.6) is 0 Å². The molecule has 0 spiro atoms. The highest BCUT2D eigenvalue weighted by molar-refractivity contribution is 5.30. The van der Waals surface area contributed by atoms with E-state index in [2.05, 4.69) is 42.2 Å². The lowest BCUT2D eigenvalue weighted by molar-refractivity contribution is -0.0378. The molecular formula is C16H20N2O2. The fourth-order valence-electron chi connectivity index (χ4n) is 2.83. The van der Waals surface area contributed by atoms with Crippen LogP contribution in [0.1, 0.15) is 47.7 Å². The molecule has 1 heterocycles. The van der Waals surface area contributed by atoms with Gasteiger partial charge in [0.1, 0.15) is 0 Å². The molecule has 1 aliphatic carbocycles. The summed E-state index contributed by atoms with van der Waals surface area (Å²) in [7, 11) is 0. The summed E-state index contributed by atoms with van der Waals surface area (Å²) < 4.78 is 5.25. The number of nitrogens with zero attached hydrogens (tertiary/aromatic N) is 2. The van der Waals surface area contributed by atoms with Crippen LogP contribution < -0.4 is 0 Å². The molecule has 3 rings (SSSR count). The Bertz CT molecular complexity index is 594. The van der Waals surface area contributed by atoms with Crippen LogP contribution in [-0.2, 0) is 12.8 Å². The average molecular weight is 272 g/mol. The van der Waals surface area contributed by atoms with Crippen LogP contribution >= 0.6 is 0 Å². The summed E-state index contributed by atoms with van der Waals surface area (Å²) in [6, 6.07) is 6.43. The molecule has 106 valence electrons. The van der Waals surface area contributed by atoms with Gasteiger partial charge in [-0.15, -0.1) is 0 Å².